The molecular weight excluding hydrogens is 322 g/mol. The SMILES string of the molecule is COCCC1CNc2cc(I)c(F)cc2N1. The molecule has 1 aliphatic heterocycles. The molecule has 3 nitrogen and oxygen atoms in total. The van der Waals surface area contributed by atoms with E-state index in [-0.39, 0.29) is 5.82 Å². The molecule has 88 valence electrons. The Morgan fingerprint density at radius 2 is 2.31 bits per heavy atom. The third kappa shape index (κ3) is 2.57. The van der Waals surface area contributed by atoms with Crippen LogP contribution in [0.15, 0.2) is 12.1 Å². The third-order valence-corrected chi connectivity index (χ3v) is 3.46. The Hall–Kier alpha value is -0.560. The van der Waals surface area contributed by atoms with Gasteiger partial charge in [0.1, 0.15) is 5.82 Å². The number of hydrogen-bond donors (Lipinski definition) is 2. The number of nitrogens with one attached hydrogen (secondary N) is 2. The van der Waals surface area contributed by atoms with Crippen molar-refractivity contribution in [3.05, 3.63) is 21.5 Å². The summed E-state index contributed by atoms with van der Waals surface area (Å²) in [7, 11) is 1.69. The maximum Gasteiger partial charge on any atom is 0.138 e. The summed E-state index contributed by atoms with van der Waals surface area (Å²) >= 11 is 2.00. The van der Waals surface area contributed by atoms with E-state index in [0.29, 0.717) is 16.2 Å². The molecule has 2 rings (SSSR count). The lowest BCUT2D eigenvalue weighted by Gasteiger charge is -2.28. The molecule has 16 heavy (non-hydrogen) atoms. The summed E-state index contributed by atoms with van der Waals surface area (Å²) in [5.74, 6) is -0.180. The van der Waals surface area contributed by atoms with Crippen LogP contribution in [0.3, 0.4) is 0 Å². The predicted octanol–water partition coefficient (Wildman–Crippen LogP) is 2.67. The maximum atomic E-state index is 13.4. The van der Waals surface area contributed by atoms with Gasteiger partial charge in [0.25, 0.3) is 0 Å². The first-order valence-electron chi connectivity index (χ1n) is 5.19. The topological polar surface area (TPSA) is 33.3 Å². The fourth-order valence-electron chi connectivity index (χ4n) is 1.75. The van der Waals surface area contributed by atoms with Crippen molar-refractivity contribution in [3.8, 4) is 0 Å². The van der Waals surface area contributed by atoms with E-state index < -0.39 is 0 Å². The lowest BCUT2D eigenvalue weighted by Crippen LogP contribution is -2.34. The summed E-state index contributed by atoms with van der Waals surface area (Å²) in [6.07, 6.45) is 0.913. The van der Waals surface area contributed by atoms with Crippen molar-refractivity contribution in [3.63, 3.8) is 0 Å². The highest BCUT2D eigenvalue weighted by atomic mass is 127. The number of benzene rings is 1. The minimum atomic E-state index is -0.180. The Balaban J connectivity index is 2.11. The quantitative estimate of drug-likeness (QED) is 0.833. The molecule has 0 saturated carbocycles. The first-order chi connectivity index (χ1) is 7.70. The Labute approximate surface area is 108 Å². The summed E-state index contributed by atoms with van der Waals surface area (Å²) in [4.78, 5) is 0. The van der Waals surface area contributed by atoms with Crippen LogP contribution >= 0.6 is 22.6 Å². The van der Waals surface area contributed by atoms with Crippen molar-refractivity contribution in [2.24, 2.45) is 0 Å². The lowest BCUT2D eigenvalue weighted by molar-refractivity contribution is 0.190. The van der Waals surface area contributed by atoms with Gasteiger partial charge in [-0.2, -0.15) is 0 Å². The predicted molar refractivity (Wildman–Crippen MR) is 71.5 cm³/mol. The first-order valence-corrected chi connectivity index (χ1v) is 6.27. The van der Waals surface area contributed by atoms with Gasteiger partial charge in [-0.3, -0.25) is 0 Å². The molecule has 5 heteroatoms. The van der Waals surface area contributed by atoms with Crippen molar-refractivity contribution in [2.45, 2.75) is 12.5 Å². The van der Waals surface area contributed by atoms with E-state index in [1.807, 2.05) is 28.7 Å². The van der Waals surface area contributed by atoms with Gasteiger partial charge in [-0.05, 0) is 35.1 Å². The van der Waals surface area contributed by atoms with Crippen molar-refractivity contribution < 1.29 is 9.13 Å². The van der Waals surface area contributed by atoms with E-state index >= 15 is 0 Å². The molecule has 1 unspecified atom stereocenters. The molecule has 0 aliphatic carbocycles. The van der Waals surface area contributed by atoms with Crippen LogP contribution in [0.5, 0.6) is 0 Å². The van der Waals surface area contributed by atoms with Gasteiger partial charge in [-0.25, -0.2) is 4.39 Å². The Kier molecular flexibility index (Phi) is 3.86. The third-order valence-electron chi connectivity index (χ3n) is 2.63. The molecule has 0 spiro atoms. The Morgan fingerprint density at radius 3 is 3.06 bits per heavy atom. The van der Waals surface area contributed by atoms with Gasteiger partial charge < -0.3 is 15.4 Å². The highest BCUT2D eigenvalue weighted by Crippen LogP contribution is 2.30. The monoisotopic (exact) mass is 336 g/mol. The molecule has 0 aromatic heterocycles. The number of ether oxygens (including phenoxy) is 1. The van der Waals surface area contributed by atoms with Crippen molar-refractivity contribution in [1.29, 1.82) is 0 Å². The second kappa shape index (κ2) is 5.18. The molecule has 0 saturated heterocycles. The van der Waals surface area contributed by atoms with Crippen LogP contribution in [0.25, 0.3) is 0 Å². The zero-order chi connectivity index (χ0) is 11.5. The standard InChI is InChI=1S/C11H14FIN2O/c1-16-3-2-7-6-14-10-5-9(13)8(12)4-11(10)15-7/h4-5,7,14-15H,2-3,6H2,1H3. The number of hydrogen-bond acceptors (Lipinski definition) is 3. The summed E-state index contributed by atoms with van der Waals surface area (Å²) in [5.41, 5.74) is 1.81. The van der Waals surface area contributed by atoms with Gasteiger partial charge in [0.15, 0.2) is 0 Å². The molecular formula is C11H14FIN2O. The van der Waals surface area contributed by atoms with E-state index in [9.17, 15) is 4.39 Å². The molecule has 1 atom stereocenters. The number of rotatable bonds is 3. The Bertz CT molecular complexity index is 386. The van der Waals surface area contributed by atoms with Gasteiger partial charge >= 0.3 is 0 Å². The normalized spacial score (nSPS) is 18.6. The molecule has 1 aliphatic rings. The average molecular weight is 336 g/mol. The minimum Gasteiger partial charge on any atom is -0.385 e. The zero-order valence-corrected chi connectivity index (χ0v) is 11.2. The summed E-state index contributed by atoms with van der Waals surface area (Å²) in [6, 6.07) is 3.67. The van der Waals surface area contributed by atoms with E-state index in [1.54, 1.807) is 13.2 Å². The highest BCUT2D eigenvalue weighted by Gasteiger charge is 2.18. The number of halogens is 2. The van der Waals surface area contributed by atoms with Gasteiger partial charge in [0, 0.05) is 32.4 Å². The zero-order valence-electron chi connectivity index (χ0n) is 9.02. The van der Waals surface area contributed by atoms with Crippen molar-refractivity contribution in [2.75, 3.05) is 30.9 Å². The van der Waals surface area contributed by atoms with Crippen LogP contribution < -0.4 is 10.6 Å². The molecule has 2 N–H and O–H groups in total. The largest absolute Gasteiger partial charge is 0.385 e. The smallest absolute Gasteiger partial charge is 0.138 e. The van der Waals surface area contributed by atoms with E-state index in [0.717, 1.165) is 24.3 Å². The van der Waals surface area contributed by atoms with Gasteiger partial charge in [0.2, 0.25) is 0 Å². The lowest BCUT2D eigenvalue weighted by atomic mass is 10.1. The fourth-order valence-corrected chi connectivity index (χ4v) is 2.22. The summed E-state index contributed by atoms with van der Waals surface area (Å²) < 4.78 is 19.1. The van der Waals surface area contributed by atoms with Crippen LogP contribution in [0.1, 0.15) is 6.42 Å². The van der Waals surface area contributed by atoms with E-state index in [1.165, 1.54) is 0 Å². The highest BCUT2D eigenvalue weighted by molar-refractivity contribution is 14.1. The fraction of sp³-hybridized carbons (Fsp3) is 0.455. The van der Waals surface area contributed by atoms with E-state index in [4.69, 9.17) is 4.74 Å². The number of methoxy groups -OCH3 is 1. The molecule has 0 fully saturated rings. The van der Waals surface area contributed by atoms with Gasteiger partial charge in [0.05, 0.1) is 14.9 Å². The van der Waals surface area contributed by atoms with Crippen LogP contribution in [0, 0.1) is 9.39 Å². The number of fused-ring (bicyclic) bond motifs is 1. The van der Waals surface area contributed by atoms with Crippen LogP contribution in [-0.2, 0) is 4.74 Å². The van der Waals surface area contributed by atoms with Gasteiger partial charge in [-0.15, -0.1) is 0 Å². The van der Waals surface area contributed by atoms with Crippen LogP contribution in [0.4, 0.5) is 15.8 Å². The molecule has 1 heterocycles. The molecule has 1 aromatic carbocycles. The molecule has 0 amide bonds. The number of anilines is 2. The van der Waals surface area contributed by atoms with Crippen LogP contribution in [-0.4, -0.2) is 26.3 Å². The summed E-state index contributed by atoms with van der Waals surface area (Å²) in [5, 5.41) is 6.61. The van der Waals surface area contributed by atoms with E-state index in [2.05, 4.69) is 10.6 Å². The Morgan fingerprint density at radius 1 is 1.50 bits per heavy atom. The second-order valence-electron chi connectivity index (χ2n) is 3.82. The average Bonchev–Trinajstić information content (AvgIpc) is 2.28. The summed E-state index contributed by atoms with van der Waals surface area (Å²) in [6.45, 7) is 1.56. The molecule has 0 bridgehead atoms. The molecule has 1 aromatic rings. The molecule has 0 radical (unpaired) electrons. The van der Waals surface area contributed by atoms with Crippen LogP contribution in [0.2, 0.25) is 0 Å². The van der Waals surface area contributed by atoms with Gasteiger partial charge in [-0.1, -0.05) is 0 Å². The maximum absolute atomic E-state index is 13.4. The van der Waals surface area contributed by atoms with Crippen molar-refractivity contribution in [1.82, 2.24) is 0 Å². The second-order valence-corrected chi connectivity index (χ2v) is 4.98. The van der Waals surface area contributed by atoms with Crippen molar-refractivity contribution >= 4 is 34.0 Å². The first kappa shape index (κ1) is 11.9. The minimum absolute atomic E-state index is 0.180.